The minimum atomic E-state index is -1.21. The second kappa shape index (κ2) is 8.12. The van der Waals surface area contributed by atoms with Crippen LogP contribution >= 0.6 is 11.6 Å². The number of benzene rings is 2. The van der Waals surface area contributed by atoms with Gasteiger partial charge in [-0.2, -0.15) is 0 Å². The molecule has 0 bridgehead atoms. The third-order valence-corrected chi connectivity index (χ3v) is 3.47. The molecule has 0 heterocycles. The Morgan fingerprint density at radius 1 is 1.00 bits per heavy atom. The maximum atomic E-state index is 12.3. The largest absolute Gasteiger partial charge is 0.478 e. The fraction of sp³-hybridized carbons (Fsp3) is 0.0556. The number of rotatable bonds is 5. The molecular formula is C18H15ClN2O4. The van der Waals surface area contributed by atoms with Gasteiger partial charge >= 0.3 is 5.97 Å². The maximum Gasteiger partial charge on any atom is 0.328 e. The summed E-state index contributed by atoms with van der Waals surface area (Å²) in [5.41, 5.74) is 2.34. The Bertz CT molecular complexity index is 845. The lowest BCUT2D eigenvalue weighted by Gasteiger charge is -2.09. The van der Waals surface area contributed by atoms with Gasteiger partial charge in [0.1, 0.15) is 0 Å². The highest BCUT2D eigenvalue weighted by Crippen LogP contribution is 2.21. The van der Waals surface area contributed by atoms with Crippen molar-refractivity contribution in [3.05, 3.63) is 70.8 Å². The highest BCUT2D eigenvalue weighted by Gasteiger charge is 2.09. The number of anilines is 2. The van der Waals surface area contributed by atoms with Crippen molar-refractivity contribution in [3.8, 4) is 0 Å². The van der Waals surface area contributed by atoms with Crippen molar-refractivity contribution in [2.75, 3.05) is 10.6 Å². The quantitative estimate of drug-likeness (QED) is 0.713. The van der Waals surface area contributed by atoms with E-state index >= 15 is 0 Å². The minimum Gasteiger partial charge on any atom is -0.478 e. The second-order valence-corrected chi connectivity index (χ2v) is 5.59. The van der Waals surface area contributed by atoms with Crippen molar-refractivity contribution in [3.63, 3.8) is 0 Å². The molecule has 0 atom stereocenters. The number of carbonyl (C=O) groups excluding carboxylic acids is 2. The first-order valence-corrected chi connectivity index (χ1v) is 7.62. The van der Waals surface area contributed by atoms with Gasteiger partial charge in [0, 0.05) is 34.1 Å². The zero-order valence-electron chi connectivity index (χ0n) is 13.2. The van der Waals surface area contributed by atoms with E-state index in [-0.39, 0.29) is 5.91 Å². The van der Waals surface area contributed by atoms with Crippen LogP contribution in [-0.4, -0.2) is 22.9 Å². The molecule has 0 saturated carbocycles. The third-order valence-electron chi connectivity index (χ3n) is 3.24. The van der Waals surface area contributed by atoms with Gasteiger partial charge in [0.25, 0.3) is 5.91 Å². The summed E-state index contributed by atoms with van der Waals surface area (Å²) in [5.74, 6) is -2.10. The SMILES string of the molecule is Cc1ccc(Cl)cc1NC(=O)c1ccc(NC(=O)/C=C\C(=O)O)cc1. The molecule has 0 aliphatic rings. The number of carboxylic acid groups (broad SMARTS) is 1. The number of halogens is 1. The van der Waals surface area contributed by atoms with Crippen LogP contribution in [-0.2, 0) is 9.59 Å². The Balaban J connectivity index is 2.04. The fourth-order valence-corrected chi connectivity index (χ4v) is 2.13. The van der Waals surface area contributed by atoms with Gasteiger partial charge in [-0.1, -0.05) is 17.7 Å². The van der Waals surface area contributed by atoms with Gasteiger partial charge in [0.15, 0.2) is 0 Å². The van der Waals surface area contributed by atoms with E-state index in [1.807, 2.05) is 6.92 Å². The first-order chi connectivity index (χ1) is 11.8. The molecule has 0 aromatic heterocycles. The highest BCUT2D eigenvalue weighted by molar-refractivity contribution is 6.31. The Morgan fingerprint density at radius 2 is 1.68 bits per heavy atom. The minimum absolute atomic E-state index is 0.311. The Labute approximate surface area is 149 Å². The van der Waals surface area contributed by atoms with Gasteiger partial charge in [0.2, 0.25) is 5.91 Å². The van der Waals surface area contributed by atoms with Crippen molar-refractivity contribution in [1.29, 1.82) is 0 Å². The van der Waals surface area contributed by atoms with Gasteiger partial charge in [-0.25, -0.2) is 4.79 Å². The molecule has 2 rings (SSSR count). The topological polar surface area (TPSA) is 95.5 Å². The Hall–Kier alpha value is -3.12. The number of amides is 2. The van der Waals surface area contributed by atoms with E-state index in [4.69, 9.17) is 16.7 Å². The van der Waals surface area contributed by atoms with E-state index < -0.39 is 11.9 Å². The number of aliphatic carboxylic acids is 1. The molecule has 0 aliphatic carbocycles. The maximum absolute atomic E-state index is 12.3. The average molecular weight is 359 g/mol. The Morgan fingerprint density at radius 3 is 2.32 bits per heavy atom. The molecule has 0 saturated heterocycles. The van der Waals surface area contributed by atoms with Gasteiger partial charge < -0.3 is 15.7 Å². The average Bonchev–Trinajstić information content (AvgIpc) is 2.57. The van der Waals surface area contributed by atoms with Gasteiger partial charge in [-0.3, -0.25) is 9.59 Å². The number of hydrogen-bond acceptors (Lipinski definition) is 3. The third kappa shape index (κ3) is 5.47. The van der Waals surface area contributed by atoms with E-state index in [0.717, 1.165) is 17.7 Å². The summed E-state index contributed by atoms with van der Waals surface area (Å²) in [6.07, 6.45) is 1.65. The zero-order valence-corrected chi connectivity index (χ0v) is 14.0. The normalized spacial score (nSPS) is 10.5. The van der Waals surface area contributed by atoms with Crippen LogP contribution in [0.4, 0.5) is 11.4 Å². The molecule has 0 aliphatic heterocycles. The van der Waals surface area contributed by atoms with Crippen LogP contribution in [0.25, 0.3) is 0 Å². The molecule has 2 aromatic carbocycles. The lowest BCUT2D eigenvalue weighted by Crippen LogP contribution is -2.13. The first kappa shape index (κ1) is 18.2. The standard InChI is InChI=1S/C18H15ClN2O4/c1-11-2-5-13(19)10-15(11)21-18(25)12-3-6-14(7-4-12)20-16(22)8-9-17(23)24/h2-10H,1H3,(H,20,22)(H,21,25)(H,23,24)/b9-8-. The predicted molar refractivity (Wildman–Crippen MR) is 96.0 cm³/mol. The van der Waals surface area contributed by atoms with Gasteiger partial charge in [-0.15, -0.1) is 0 Å². The molecule has 0 radical (unpaired) electrons. The smallest absolute Gasteiger partial charge is 0.328 e. The molecule has 128 valence electrons. The molecule has 0 fully saturated rings. The molecule has 6 nitrogen and oxygen atoms in total. The summed E-state index contributed by atoms with van der Waals surface area (Å²) in [6, 6.07) is 11.4. The molecular weight excluding hydrogens is 344 g/mol. The lowest BCUT2D eigenvalue weighted by atomic mass is 10.1. The molecule has 0 unspecified atom stereocenters. The van der Waals surface area contributed by atoms with Gasteiger partial charge in [0.05, 0.1) is 0 Å². The van der Waals surface area contributed by atoms with E-state index in [1.54, 1.807) is 42.5 Å². The number of carbonyl (C=O) groups is 3. The summed E-state index contributed by atoms with van der Waals surface area (Å²) < 4.78 is 0. The van der Waals surface area contributed by atoms with Crippen molar-refractivity contribution >= 4 is 40.8 Å². The van der Waals surface area contributed by atoms with Crippen LogP contribution in [0.3, 0.4) is 0 Å². The summed E-state index contributed by atoms with van der Waals surface area (Å²) >= 11 is 5.93. The van der Waals surface area contributed by atoms with Crippen molar-refractivity contribution < 1.29 is 19.5 Å². The number of nitrogens with one attached hydrogen (secondary N) is 2. The summed E-state index contributed by atoms with van der Waals surface area (Å²) in [5, 5.41) is 14.3. The molecule has 2 aromatic rings. The van der Waals surface area contributed by atoms with Crippen LogP contribution in [0.2, 0.25) is 5.02 Å². The van der Waals surface area contributed by atoms with Crippen LogP contribution in [0.1, 0.15) is 15.9 Å². The monoisotopic (exact) mass is 358 g/mol. The fourth-order valence-electron chi connectivity index (χ4n) is 1.96. The zero-order chi connectivity index (χ0) is 18.4. The summed E-state index contributed by atoms with van der Waals surface area (Å²) in [7, 11) is 0. The molecule has 2 amide bonds. The van der Waals surface area contributed by atoms with E-state index in [1.165, 1.54) is 0 Å². The van der Waals surface area contributed by atoms with Crippen molar-refractivity contribution in [2.24, 2.45) is 0 Å². The molecule has 7 heteroatoms. The molecule has 3 N–H and O–H groups in total. The first-order valence-electron chi connectivity index (χ1n) is 7.25. The van der Waals surface area contributed by atoms with Crippen LogP contribution in [0.5, 0.6) is 0 Å². The van der Waals surface area contributed by atoms with E-state index in [9.17, 15) is 14.4 Å². The van der Waals surface area contributed by atoms with Gasteiger partial charge in [-0.05, 0) is 48.9 Å². The lowest BCUT2D eigenvalue weighted by molar-refractivity contribution is -0.131. The second-order valence-electron chi connectivity index (χ2n) is 5.15. The predicted octanol–water partition coefficient (Wildman–Crippen LogP) is 3.48. The van der Waals surface area contributed by atoms with E-state index in [2.05, 4.69) is 10.6 Å². The van der Waals surface area contributed by atoms with Crippen LogP contribution in [0.15, 0.2) is 54.6 Å². The number of hydrogen-bond donors (Lipinski definition) is 3. The highest BCUT2D eigenvalue weighted by atomic mass is 35.5. The van der Waals surface area contributed by atoms with Crippen LogP contribution < -0.4 is 10.6 Å². The van der Waals surface area contributed by atoms with Crippen LogP contribution in [0, 0.1) is 6.92 Å². The number of carboxylic acids is 1. The van der Waals surface area contributed by atoms with E-state index in [0.29, 0.717) is 22.0 Å². The molecule has 0 spiro atoms. The van der Waals surface area contributed by atoms with Crippen molar-refractivity contribution in [1.82, 2.24) is 0 Å². The Kier molecular flexibility index (Phi) is 5.92. The summed E-state index contributed by atoms with van der Waals surface area (Å²) in [6.45, 7) is 1.86. The summed E-state index contributed by atoms with van der Waals surface area (Å²) in [4.78, 5) is 34.1. The van der Waals surface area contributed by atoms with Crippen molar-refractivity contribution in [2.45, 2.75) is 6.92 Å². The number of aryl methyl sites for hydroxylation is 1. The molecule has 25 heavy (non-hydrogen) atoms.